The third kappa shape index (κ3) is 3.21. The molecule has 1 aliphatic rings. The first-order valence-electron chi connectivity index (χ1n) is 5.59. The van der Waals surface area contributed by atoms with E-state index >= 15 is 0 Å². The summed E-state index contributed by atoms with van der Waals surface area (Å²) in [6, 6.07) is 9.34. The summed E-state index contributed by atoms with van der Waals surface area (Å²) in [6.07, 6.45) is 1.47. The van der Waals surface area contributed by atoms with Crippen LogP contribution in [0.25, 0.3) is 0 Å². The van der Waals surface area contributed by atoms with Crippen LogP contribution in [0.4, 0.5) is 0 Å². The van der Waals surface area contributed by atoms with Gasteiger partial charge in [-0.15, -0.1) is 24.0 Å². The molecule has 1 aliphatic heterocycles. The molecule has 0 spiro atoms. The summed E-state index contributed by atoms with van der Waals surface area (Å²) in [6.45, 7) is 1.78. The maximum absolute atomic E-state index is 12.3. The number of alkyl halides is 1. The van der Waals surface area contributed by atoms with Gasteiger partial charge in [-0.2, -0.15) is 0 Å². The van der Waals surface area contributed by atoms with Gasteiger partial charge in [0, 0.05) is 5.56 Å². The van der Waals surface area contributed by atoms with Crippen LogP contribution in [0, 0.1) is 0 Å². The zero-order chi connectivity index (χ0) is 11.6. The smallest absolute Gasteiger partial charge is 0.183 e. The number of Topliss-reactive ketones (excluding diaryl/α,β-unsaturated/α-hetero) is 1. The van der Waals surface area contributed by atoms with Crippen LogP contribution in [0.2, 0.25) is 0 Å². The Morgan fingerprint density at radius 2 is 1.76 bits per heavy atom. The van der Waals surface area contributed by atoms with Crippen molar-refractivity contribution in [1.82, 2.24) is 4.90 Å². The van der Waals surface area contributed by atoms with Crippen molar-refractivity contribution in [3.05, 3.63) is 35.9 Å². The Bertz CT molecular complexity index is 372. The summed E-state index contributed by atoms with van der Waals surface area (Å²) in [4.78, 5) is 13.8. The lowest BCUT2D eigenvalue weighted by molar-refractivity contribution is 0.0886. The summed E-state index contributed by atoms with van der Waals surface area (Å²) in [5.41, 5.74) is 0.724. The molecule has 0 bridgehead atoms. The van der Waals surface area contributed by atoms with E-state index in [9.17, 15) is 4.79 Å². The molecule has 1 aromatic carbocycles. The fourth-order valence-electron chi connectivity index (χ4n) is 2.05. The van der Waals surface area contributed by atoms with E-state index < -0.39 is 4.87 Å². The fourth-order valence-corrected chi connectivity index (χ4v) is 2.33. The highest BCUT2D eigenvalue weighted by Gasteiger charge is 2.38. The number of ketones is 1. The number of benzene rings is 1. The summed E-state index contributed by atoms with van der Waals surface area (Å²) in [5.74, 6) is 0.0721. The second-order valence-corrected chi connectivity index (χ2v) is 5.19. The van der Waals surface area contributed by atoms with Crippen molar-refractivity contribution < 1.29 is 4.79 Å². The highest BCUT2D eigenvalue weighted by Crippen LogP contribution is 2.32. The first-order chi connectivity index (χ1) is 7.62. The van der Waals surface area contributed by atoms with E-state index in [4.69, 9.17) is 11.6 Å². The molecule has 17 heavy (non-hydrogen) atoms. The normalized spacial score (nSPS) is 19.4. The maximum atomic E-state index is 12.3. The van der Waals surface area contributed by atoms with Crippen LogP contribution in [0.3, 0.4) is 0 Å². The maximum Gasteiger partial charge on any atom is 0.183 e. The van der Waals surface area contributed by atoms with Gasteiger partial charge < -0.3 is 4.90 Å². The minimum Gasteiger partial charge on any atom is -0.306 e. The van der Waals surface area contributed by atoms with Crippen LogP contribution in [0.15, 0.2) is 30.3 Å². The number of hydrogen-bond acceptors (Lipinski definition) is 2. The first-order valence-corrected chi connectivity index (χ1v) is 5.97. The Hall–Kier alpha value is -0.570. The molecule has 0 unspecified atom stereocenters. The Morgan fingerprint density at radius 1 is 1.24 bits per heavy atom. The largest absolute Gasteiger partial charge is 0.306 e. The second-order valence-electron chi connectivity index (χ2n) is 4.46. The Kier molecular flexibility index (Phi) is 4.99. The number of nitrogens with zero attached hydrogens (tertiary/aromatic N) is 1. The van der Waals surface area contributed by atoms with Gasteiger partial charge in [-0.3, -0.25) is 4.79 Å². The van der Waals surface area contributed by atoms with Gasteiger partial charge in [0.05, 0.1) is 0 Å². The van der Waals surface area contributed by atoms with E-state index in [2.05, 4.69) is 11.9 Å². The second kappa shape index (κ2) is 5.85. The zero-order valence-corrected chi connectivity index (χ0v) is 11.4. The molecule has 0 saturated carbocycles. The van der Waals surface area contributed by atoms with E-state index in [-0.39, 0.29) is 18.2 Å². The van der Waals surface area contributed by atoms with Crippen molar-refractivity contribution in [3.63, 3.8) is 0 Å². The Balaban J connectivity index is 0.00000144. The zero-order valence-electron chi connectivity index (χ0n) is 9.86. The molecule has 1 fully saturated rings. The van der Waals surface area contributed by atoms with Crippen molar-refractivity contribution in [2.24, 2.45) is 0 Å². The number of hydrogen-bond donors (Lipinski definition) is 0. The van der Waals surface area contributed by atoms with E-state index in [1.807, 2.05) is 30.3 Å². The van der Waals surface area contributed by atoms with Gasteiger partial charge in [-0.25, -0.2) is 0 Å². The Labute approximate surface area is 113 Å². The number of halogens is 2. The first kappa shape index (κ1) is 14.5. The van der Waals surface area contributed by atoms with E-state index in [0.717, 1.165) is 31.5 Å². The van der Waals surface area contributed by atoms with Crippen molar-refractivity contribution in [3.8, 4) is 0 Å². The number of piperidine rings is 1. The molecule has 0 radical (unpaired) electrons. The molecule has 0 amide bonds. The van der Waals surface area contributed by atoms with Crippen molar-refractivity contribution in [1.29, 1.82) is 0 Å². The number of carbonyl (C=O) groups excluding carboxylic acids is 1. The lowest BCUT2D eigenvalue weighted by Crippen LogP contribution is -2.44. The fraction of sp³-hybridized carbons (Fsp3) is 0.462. The number of carbonyl (C=O) groups is 1. The quantitative estimate of drug-likeness (QED) is 0.610. The average Bonchev–Trinajstić information content (AvgIpc) is 2.33. The van der Waals surface area contributed by atoms with E-state index in [1.165, 1.54) is 0 Å². The molecule has 4 heteroatoms. The van der Waals surface area contributed by atoms with Gasteiger partial charge in [0.25, 0.3) is 0 Å². The molecule has 1 aromatic rings. The molecule has 0 N–H and O–H groups in total. The van der Waals surface area contributed by atoms with Crippen LogP contribution in [-0.4, -0.2) is 35.7 Å². The van der Waals surface area contributed by atoms with Crippen molar-refractivity contribution in [2.75, 3.05) is 20.1 Å². The minimum absolute atomic E-state index is 0. The summed E-state index contributed by atoms with van der Waals surface area (Å²) >= 11 is 6.45. The predicted molar refractivity (Wildman–Crippen MR) is 73.3 cm³/mol. The van der Waals surface area contributed by atoms with Crippen LogP contribution >= 0.6 is 24.0 Å². The third-order valence-corrected chi connectivity index (χ3v) is 3.77. The molecule has 94 valence electrons. The van der Waals surface area contributed by atoms with Gasteiger partial charge in [-0.05, 0) is 33.0 Å². The molecule has 0 aromatic heterocycles. The molecule has 2 rings (SSSR count). The van der Waals surface area contributed by atoms with Gasteiger partial charge >= 0.3 is 0 Å². The van der Waals surface area contributed by atoms with Gasteiger partial charge in [0.15, 0.2) is 5.78 Å². The van der Waals surface area contributed by atoms with Gasteiger partial charge in [-0.1, -0.05) is 30.3 Å². The molecular weight excluding hydrogens is 257 g/mol. The molecule has 1 heterocycles. The van der Waals surface area contributed by atoms with Gasteiger partial charge in [0.2, 0.25) is 0 Å². The summed E-state index contributed by atoms with van der Waals surface area (Å²) in [5, 5.41) is 0. The standard InChI is InChI=1S/C13H16ClNO.ClH/c1-15-9-7-13(14,8-10-15)12(16)11-5-3-2-4-6-11;/h2-6H,7-10H2,1H3;1H. The lowest BCUT2D eigenvalue weighted by atomic mass is 9.88. The van der Waals surface area contributed by atoms with Crippen LogP contribution in [0.1, 0.15) is 23.2 Å². The summed E-state index contributed by atoms with van der Waals surface area (Å²) < 4.78 is 0. The van der Waals surface area contributed by atoms with Crippen LogP contribution in [-0.2, 0) is 0 Å². The molecular formula is C13H17Cl2NO. The lowest BCUT2D eigenvalue weighted by Gasteiger charge is -2.34. The molecule has 0 aliphatic carbocycles. The third-order valence-electron chi connectivity index (χ3n) is 3.22. The number of likely N-dealkylation sites (tertiary alicyclic amines) is 1. The van der Waals surface area contributed by atoms with Crippen LogP contribution < -0.4 is 0 Å². The highest BCUT2D eigenvalue weighted by atomic mass is 35.5. The van der Waals surface area contributed by atoms with Crippen LogP contribution in [0.5, 0.6) is 0 Å². The van der Waals surface area contributed by atoms with E-state index in [0.29, 0.717) is 0 Å². The highest BCUT2D eigenvalue weighted by molar-refractivity contribution is 6.38. The van der Waals surface area contributed by atoms with Crippen molar-refractivity contribution >= 4 is 29.8 Å². The number of rotatable bonds is 2. The topological polar surface area (TPSA) is 20.3 Å². The minimum atomic E-state index is -0.687. The van der Waals surface area contributed by atoms with E-state index in [1.54, 1.807) is 0 Å². The SMILES string of the molecule is CN1CCC(Cl)(C(=O)c2ccccc2)CC1.Cl. The van der Waals surface area contributed by atoms with Gasteiger partial charge in [0.1, 0.15) is 4.87 Å². The monoisotopic (exact) mass is 273 g/mol. The molecule has 0 atom stereocenters. The predicted octanol–water partition coefficient (Wildman–Crippen LogP) is 2.99. The summed E-state index contributed by atoms with van der Waals surface area (Å²) in [7, 11) is 2.06. The Morgan fingerprint density at radius 3 is 2.29 bits per heavy atom. The molecule has 2 nitrogen and oxygen atoms in total. The van der Waals surface area contributed by atoms with Crippen molar-refractivity contribution in [2.45, 2.75) is 17.7 Å². The average molecular weight is 274 g/mol. The molecule has 1 saturated heterocycles.